The summed E-state index contributed by atoms with van der Waals surface area (Å²) < 4.78 is 0. The van der Waals surface area contributed by atoms with Gasteiger partial charge in [-0.25, -0.2) is 0 Å². The lowest BCUT2D eigenvalue weighted by atomic mass is 9.87. The number of carbonyl (C=O) groups is 2. The molecule has 15 heavy (non-hydrogen) atoms. The number of nitrogens with one attached hydrogen (secondary N) is 2. The third-order valence-electron chi connectivity index (χ3n) is 3.32. The minimum absolute atomic E-state index is 0.0725. The average molecular weight is 210 g/mol. The first kappa shape index (κ1) is 10.6. The largest absolute Gasteiger partial charge is 0.352 e. The van der Waals surface area contributed by atoms with Crippen molar-refractivity contribution in [1.82, 2.24) is 10.6 Å². The number of ketones is 1. The van der Waals surface area contributed by atoms with Gasteiger partial charge in [-0.1, -0.05) is 0 Å². The van der Waals surface area contributed by atoms with E-state index in [1.165, 1.54) is 0 Å². The van der Waals surface area contributed by atoms with Crippen LogP contribution in [0.5, 0.6) is 0 Å². The van der Waals surface area contributed by atoms with Crippen LogP contribution in [0.25, 0.3) is 0 Å². The van der Waals surface area contributed by atoms with Crippen molar-refractivity contribution < 1.29 is 9.59 Å². The van der Waals surface area contributed by atoms with Crippen LogP contribution in [0.1, 0.15) is 32.1 Å². The van der Waals surface area contributed by atoms with Crippen LogP contribution in [-0.4, -0.2) is 30.8 Å². The Kier molecular flexibility index (Phi) is 3.36. The molecule has 4 heteroatoms. The number of rotatable bonds is 2. The smallest absolute Gasteiger partial charge is 0.223 e. The Morgan fingerprint density at radius 1 is 1.27 bits per heavy atom. The quantitative estimate of drug-likeness (QED) is 0.685. The third kappa shape index (κ3) is 2.78. The second kappa shape index (κ2) is 4.75. The van der Waals surface area contributed by atoms with E-state index < -0.39 is 0 Å². The van der Waals surface area contributed by atoms with Gasteiger partial charge in [0, 0.05) is 31.3 Å². The van der Waals surface area contributed by atoms with E-state index in [-0.39, 0.29) is 11.8 Å². The molecule has 0 radical (unpaired) electrons. The second-order valence-corrected chi connectivity index (χ2v) is 4.51. The van der Waals surface area contributed by atoms with E-state index in [1.807, 2.05) is 0 Å². The summed E-state index contributed by atoms with van der Waals surface area (Å²) >= 11 is 0. The Balaban J connectivity index is 1.77. The number of hydrogen-bond donors (Lipinski definition) is 2. The number of Topliss-reactive ketones (excluding diaryl/α,β-unsaturated/α-hetero) is 1. The van der Waals surface area contributed by atoms with Crippen LogP contribution < -0.4 is 10.6 Å². The zero-order valence-corrected chi connectivity index (χ0v) is 8.92. The topological polar surface area (TPSA) is 58.2 Å². The lowest BCUT2D eigenvalue weighted by Crippen LogP contribution is -2.41. The van der Waals surface area contributed by atoms with Crippen LogP contribution in [0.15, 0.2) is 0 Å². The van der Waals surface area contributed by atoms with Crippen LogP contribution in [-0.2, 0) is 9.59 Å². The number of carbonyl (C=O) groups excluding carboxylic acids is 2. The van der Waals surface area contributed by atoms with Gasteiger partial charge in [0.05, 0.1) is 0 Å². The molecule has 0 aromatic heterocycles. The molecule has 2 N–H and O–H groups in total. The van der Waals surface area contributed by atoms with Gasteiger partial charge in [-0.2, -0.15) is 0 Å². The molecule has 1 amide bonds. The lowest BCUT2D eigenvalue weighted by Gasteiger charge is -2.22. The molecule has 1 aliphatic heterocycles. The normalized spacial score (nSPS) is 28.0. The summed E-state index contributed by atoms with van der Waals surface area (Å²) in [5.74, 6) is 0.529. The van der Waals surface area contributed by atoms with Crippen molar-refractivity contribution in [3.05, 3.63) is 0 Å². The zero-order valence-electron chi connectivity index (χ0n) is 8.92. The fourth-order valence-electron chi connectivity index (χ4n) is 2.30. The van der Waals surface area contributed by atoms with Crippen LogP contribution in [0.4, 0.5) is 0 Å². The molecule has 1 heterocycles. The molecule has 0 spiro atoms. The number of hydrogen-bond acceptors (Lipinski definition) is 3. The number of amides is 1. The van der Waals surface area contributed by atoms with Gasteiger partial charge >= 0.3 is 0 Å². The molecule has 4 nitrogen and oxygen atoms in total. The van der Waals surface area contributed by atoms with E-state index in [2.05, 4.69) is 10.6 Å². The molecule has 2 rings (SSSR count). The zero-order chi connectivity index (χ0) is 10.7. The van der Waals surface area contributed by atoms with Crippen LogP contribution in [0.3, 0.4) is 0 Å². The highest BCUT2D eigenvalue weighted by Crippen LogP contribution is 2.21. The first-order valence-corrected chi connectivity index (χ1v) is 5.78. The maximum atomic E-state index is 11.8. The summed E-state index contributed by atoms with van der Waals surface area (Å²) in [6.07, 6.45) is 3.68. The molecule has 0 aromatic rings. The van der Waals surface area contributed by atoms with Crippen LogP contribution in [0, 0.1) is 5.92 Å². The molecule has 2 fully saturated rings. The summed E-state index contributed by atoms with van der Waals surface area (Å²) in [5.41, 5.74) is 0. The van der Waals surface area contributed by atoms with E-state index in [9.17, 15) is 9.59 Å². The van der Waals surface area contributed by atoms with Crippen molar-refractivity contribution in [2.24, 2.45) is 5.92 Å². The fraction of sp³-hybridized carbons (Fsp3) is 0.818. The molecule has 2 aliphatic rings. The Labute approximate surface area is 89.8 Å². The molecule has 84 valence electrons. The van der Waals surface area contributed by atoms with E-state index in [1.54, 1.807) is 0 Å². The molecular formula is C11H18N2O2. The minimum atomic E-state index is 0.0725. The van der Waals surface area contributed by atoms with E-state index in [4.69, 9.17) is 0 Å². The van der Waals surface area contributed by atoms with Crippen molar-refractivity contribution in [2.75, 3.05) is 13.1 Å². The van der Waals surface area contributed by atoms with Gasteiger partial charge in [0.1, 0.15) is 5.78 Å². The van der Waals surface area contributed by atoms with Gasteiger partial charge in [-0.3, -0.25) is 9.59 Å². The Morgan fingerprint density at radius 3 is 2.60 bits per heavy atom. The highest BCUT2D eigenvalue weighted by molar-refractivity contribution is 5.84. The summed E-state index contributed by atoms with van der Waals surface area (Å²) in [4.78, 5) is 22.8. The highest BCUT2D eigenvalue weighted by atomic mass is 16.2. The van der Waals surface area contributed by atoms with E-state index in [0.717, 1.165) is 32.4 Å². The van der Waals surface area contributed by atoms with Gasteiger partial charge < -0.3 is 10.6 Å². The van der Waals surface area contributed by atoms with Crippen molar-refractivity contribution in [3.8, 4) is 0 Å². The van der Waals surface area contributed by atoms with Crippen molar-refractivity contribution in [2.45, 2.75) is 38.1 Å². The lowest BCUT2D eigenvalue weighted by molar-refractivity contribution is -0.128. The molecule has 1 unspecified atom stereocenters. The fourth-order valence-corrected chi connectivity index (χ4v) is 2.30. The van der Waals surface area contributed by atoms with Crippen molar-refractivity contribution in [1.29, 1.82) is 0 Å². The molecule has 1 atom stereocenters. The Bertz CT molecular complexity index is 249. The van der Waals surface area contributed by atoms with Crippen molar-refractivity contribution in [3.63, 3.8) is 0 Å². The van der Waals surface area contributed by atoms with Crippen LogP contribution >= 0.6 is 0 Å². The standard InChI is InChI=1S/C11H18N2O2/c14-10-3-1-8(2-4-10)11(15)13-9-5-6-12-7-9/h8-9,12H,1-7H2,(H,13,15). The first-order chi connectivity index (χ1) is 7.25. The predicted molar refractivity (Wildman–Crippen MR) is 56.4 cm³/mol. The summed E-state index contributed by atoms with van der Waals surface area (Å²) in [5, 5.41) is 6.27. The molecule has 1 saturated carbocycles. The first-order valence-electron chi connectivity index (χ1n) is 5.78. The SMILES string of the molecule is O=C1CCC(C(=O)NC2CCNC2)CC1. The van der Waals surface area contributed by atoms with Gasteiger partial charge in [-0.05, 0) is 25.8 Å². The van der Waals surface area contributed by atoms with Crippen molar-refractivity contribution >= 4 is 11.7 Å². The van der Waals surface area contributed by atoms with E-state index >= 15 is 0 Å². The monoisotopic (exact) mass is 210 g/mol. The van der Waals surface area contributed by atoms with Gasteiger partial charge in [-0.15, -0.1) is 0 Å². The summed E-state index contributed by atoms with van der Waals surface area (Å²) in [6, 6.07) is 0.301. The second-order valence-electron chi connectivity index (χ2n) is 4.51. The van der Waals surface area contributed by atoms with Gasteiger partial charge in [0.15, 0.2) is 0 Å². The molecule has 1 aliphatic carbocycles. The molecular weight excluding hydrogens is 192 g/mol. The minimum Gasteiger partial charge on any atom is -0.352 e. The maximum absolute atomic E-state index is 11.8. The molecule has 0 bridgehead atoms. The van der Waals surface area contributed by atoms with Gasteiger partial charge in [0.25, 0.3) is 0 Å². The van der Waals surface area contributed by atoms with Crippen LogP contribution in [0.2, 0.25) is 0 Å². The third-order valence-corrected chi connectivity index (χ3v) is 3.32. The Hall–Kier alpha value is -0.900. The van der Waals surface area contributed by atoms with E-state index in [0.29, 0.717) is 24.7 Å². The molecule has 0 aromatic carbocycles. The summed E-state index contributed by atoms with van der Waals surface area (Å²) in [6.45, 7) is 1.88. The predicted octanol–water partition coefficient (Wildman–Crippen LogP) is 0.224. The maximum Gasteiger partial charge on any atom is 0.223 e. The Morgan fingerprint density at radius 2 is 2.00 bits per heavy atom. The molecule has 1 saturated heterocycles. The summed E-state index contributed by atoms with van der Waals surface area (Å²) in [7, 11) is 0. The highest BCUT2D eigenvalue weighted by Gasteiger charge is 2.26. The van der Waals surface area contributed by atoms with Gasteiger partial charge in [0.2, 0.25) is 5.91 Å². The average Bonchev–Trinajstić information content (AvgIpc) is 2.71.